The second kappa shape index (κ2) is 17.6. The average Bonchev–Trinajstić information content (AvgIpc) is 2.76. The maximum absolute atomic E-state index is 12.3. The van der Waals surface area contributed by atoms with E-state index >= 15 is 0 Å². The van der Waals surface area contributed by atoms with E-state index in [2.05, 4.69) is 20.8 Å². The molecule has 5 heteroatoms. The van der Waals surface area contributed by atoms with Crippen LogP contribution < -0.4 is 14.2 Å². The fraction of sp³-hybridized carbons (Fsp3) is 0.692. The summed E-state index contributed by atoms with van der Waals surface area (Å²) in [6, 6.07) is 5.08. The molecule has 0 radical (unpaired) electrons. The number of carbonyl (C=O) groups is 2. The molecule has 0 N–H and O–H groups in total. The Morgan fingerprint density at radius 3 is 1.71 bits per heavy atom. The number of hydrogen-bond donors (Lipinski definition) is 0. The molecule has 1 aromatic rings. The Labute approximate surface area is 188 Å². The molecule has 0 bridgehead atoms. The molecule has 0 fully saturated rings. The molecular formula is C26H42O5. The van der Waals surface area contributed by atoms with Crippen LogP contribution in [0.25, 0.3) is 0 Å². The van der Waals surface area contributed by atoms with Crippen molar-refractivity contribution in [3.05, 3.63) is 18.2 Å². The molecule has 0 heterocycles. The standard InChI is InChI=1S/C26H42O5/c1-4-7-10-13-16-25(27)30-23-19-18-22(29-20-15-12-9-6-3)21-24(23)31-26(28)17-14-11-8-5-2/h18-19,21H,4-17,20H2,1-3H3. The van der Waals surface area contributed by atoms with Crippen LogP contribution in [-0.4, -0.2) is 18.5 Å². The number of rotatable bonds is 18. The Bertz CT molecular complexity index is 626. The van der Waals surface area contributed by atoms with E-state index in [9.17, 15) is 9.59 Å². The van der Waals surface area contributed by atoms with Crippen molar-refractivity contribution in [3.8, 4) is 17.2 Å². The maximum Gasteiger partial charge on any atom is 0.311 e. The normalized spacial score (nSPS) is 10.7. The van der Waals surface area contributed by atoms with Gasteiger partial charge in [0.25, 0.3) is 0 Å². The lowest BCUT2D eigenvalue weighted by molar-refractivity contribution is -0.137. The molecule has 31 heavy (non-hydrogen) atoms. The van der Waals surface area contributed by atoms with E-state index < -0.39 is 0 Å². The summed E-state index contributed by atoms with van der Waals surface area (Å²) in [5.74, 6) is 0.545. The first-order valence-corrected chi connectivity index (χ1v) is 12.3. The Kier molecular flexibility index (Phi) is 15.3. The second-order valence-electron chi connectivity index (χ2n) is 8.09. The van der Waals surface area contributed by atoms with Crippen LogP contribution in [0.15, 0.2) is 18.2 Å². The van der Waals surface area contributed by atoms with Gasteiger partial charge in [-0.2, -0.15) is 0 Å². The monoisotopic (exact) mass is 434 g/mol. The number of carbonyl (C=O) groups excluding carboxylic acids is 2. The molecule has 0 amide bonds. The highest BCUT2D eigenvalue weighted by Gasteiger charge is 2.15. The van der Waals surface area contributed by atoms with Crippen LogP contribution in [0.4, 0.5) is 0 Å². The van der Waals surface area contributed by atoms with Crippen molar-refractivity contribution in [2.75, 3.05) is 6.61 Å². The Hall–Kier alpha value is -2.04. The van der Waals surface area contributed by atoms with Gasteiger partial charge in [0.2, 0.25) is 0 Å². The predicted octanol–water partition coefficient (Wildman–Crippen LogP) is 7.40. The Morgan fingerprint density at radius 1 is 0.645 bits per heavy atom. The largest absolute Gasteiger partial charge is 0.493 e. The second-order valence-corrected chi connectivity index (χ2v) is 8.09. The summed E-state index contributed by atoms with van der Waals surface area (Å²) >= 11 is 0. The number of benzene rings is 1. The first kappa shape index (κ1) is 27.0. The van der Waals surface area contributed by atoms with Gasteiger partial charge in [0.15, 0.2) is 11.5 Å². The highest BCUT2D eigenvalue weighted by Crippen LogP contribution is 2.33. The minimum absolute atomic E-state index is 0.258. The molecule has 5 nitrogen and oxygen atoms in total. The number of esters is 2. The Balaban J connectivity index is 2.71. The maximum atomic E-state index is 12.3. The van der Waals surface area contributed by atoms with Crippen molar-refractivity contribution in [2.24, 2.45) is 0 Å². The molecule has 0 unspecified atom stereocenters. The summed E-state index contributed by atoms with van der Waals surface area (Å²) in [7, 11) is 0. The van der Waals surface area contributed by atoms with Crippen LogP contribution in [0.5, 0.6) is 17.2 Å². The summed E-state index contributed by atoms with van der Waals surface area (Å²) in [6.07, 6.45) is 13.3. The van der Waals surface area contributed by atoms with Crippen molar-refractivity contribution in [3.63, 3.8) is 0 Å². The lowest BCUT2D eigenvalue weighted by Crippen LogP contribution is -2.12. The van der Waals surface area contributed by atoms with Gasteiger partial charge in [-0.15, -0.1) is 0 Å². The highest BCUT2D eigenvalue weighted by atomic mass is 16.6. The fourth-order valence-corrected chi connectivity index (χ4v) is 3.20. The quantitative estimate of drug-likeness (QED) is 0.137. The molecule has 0 aromatic heterocycles. The molecule has 0 saturated heterocycles. The molecular weight excluding hydrogens is 392 g/mol. The summed E-state index contributed by atoms with van der Waals surface area (Å²) in [5.41, 5.74) is 0. The summed E-state index contributed by atoms with van der Waals surface area (Å²) in [4.78, 5) is 24.5. The zero-order chi connectivity index (χ0) is 22.7. The number of unbranched alkanes of at least 4 members (excludes halogenated alkanes) is 9. The van der Waals surface area contributed by atoms with Gasteiger partial charge in [-0.3, -0.25) is 9.59 Å². The third-order valence-electron chi connectivity index (χ3n) is 5.10. The SMILES string of the molecule is CCCCCCOc1ccc(OC(=O)CCCCCC)c(OC(=O)CCCCCC)c1. The van der Waals surface area contributed by atoms with Crippen LogP contribution in [-0.2, 0) is 9.59 Å². The van der Waals surface area contributed by atoms with Gasteiger partial charge in [0.05, 0.1) is 6.61 Å². The first-order valence-electron chi connectivity index (χ1n) is 12.3. The van der Waals surface area contributed by atoms with Crippen LogP contribution >= 0.6 is 0 Å². The van der Waals surface area contributed by atoms with E-state index in [1.165, 1.54) is 12.8 Å². The molecule has 0 spiro atoms. The summed E-state index contributed by atoms with van der Waals surface area (Å²) in [5, 5.41) is 0. The van der Waals surface area contributed by atoms with E-state index in [0.29, 0.717) is 25.2 Å². The lowest BCUT2D eigenvalue weighted by Gasteiger charge is -2.13. The van der Waals surface area contributed by atoms with E-state index in [-0.39, 0.29) is 23.4 Å². The summed E-state index contributed by atoms with van der Waals surface area (Å²) in [6.45, 7) is 7.05. The molecule has 0 atom stereocenters. The van der Waals surface area contributed by atoms with Gasteiger partial charge in [0.1, 0.15) is 5.75 Å². The predicted molar refractivity (Wildman–Crippen MR) is 125 cm³/mol. The van der Waals surface area contributed by atoms with Gasteiger partial charge in [0, 0.05) is 18.9 Å². The van der Waals surface area contributed by atoms with Crippen molar-refractivity contribution in [1.82, 2.24) is 0 Å². The van der Waals surface area contributed by atoms with Crippen LogP contribution in [0.1, 0.15) is 111 Å². The number of hydrogen-bond acceptors (Lipinski definition) is 5. The van der Waals surface area contributed by atoms with Crippen LogP contribution in [0.3, 0.4) is 0 Å². The smallest absolute Gasteiger partial charge is 0.311 e. The van der Waals surface area contributed by atoms with E-state index in [0.717, 1.165) is 64.2 Å². The lowest BCUT2D eigenvalue weighted by atomic mass is 10.1. The van der Waals surface area contributed by atoms with E-state index in [4.69, 9.17) is 14.2 Å². The zero-order valence-electron chi connectivity index (χ0n) is 19.9. The topological polar surface area (TPSA) is 61.8 Å². The van der Waals surface area contributed by atoms with Crippen molar-refractivity contribution >= 4 is 11.9 Å². The molecule has 176 valence electrons. The van der Waals surface area contributed by atoms with Gasteiger partial charge in [-0.05, 0) is 31.4 Å². The average molecular weight is 435 g/mol. The van der Waals surface area contributed by atoms with Gasteiger partial charge < -0.3 is 14.2 Å². The van der Waals surface area contributed by atoms with Gasteiger partial charge in [-0.1, -0.05) is 78.6 Å². The molecule has 1 aromatic carbocycles. The molecule has 0 aliphatic heterocycles. The van der Waals surface area contributed by atoms with Crippen LogP contribution in [0.2, 0.25) is 0 Å². The van der Waals surface area contributed by atoms with Gasteiger partial charge in [-0.25, -0.2) is 0 Å². The minimum atomic E-state index is -0.309. The van der Waals surface area contributed by atoms with Crippen molar-refractivity contribution < 1.29 is 23.8 Å². The molecule has 1 rings (SSSR count). The minimum Gasteiger partial charge on any atom is -0.493 e. The highest BCUT2D eigenvalue weighted by molar-refractivity contribution is 5.76. The van der Waals surface area contributed by atoms with Crippen molar-refractivity contribution in [2.45, 2.75) is 111 Å². The first-order chi connectivity index (χ1) is 15.1. The van der Waals surface area contributed by atoms with E-state index in [1.807, 2.05) is 0 Å². The summed E-state index contributed by atoms with van der Waals surface area (Å²) < 4.78 is 16.9. The Morgan fingerprint density at radius 2 is 1.16 bits per heavy atom. The zero-order valence-corrected chi connectivity index (χ0v) is 19.9. The number of ether oxygens (including phenoxy) is 3. The molecule has 0 aliphatic carbocycles. The molecule has 0 aliphatic rings. The third-order valence-corrected chi connectivity index (χ3v) is 5.10. The van der Waals surface area contributed by atoms with Gasteiger partial charge >= 0.3 is 11.9 Å². The molecule has 0 saturated carbocycles. The third kappa shape index (κ3) is 13.1. The van der Waals surface area contributed by atoms with Crippen LogP contribution in [0, 0.1) is 0 Å². The van der Waals surface area contributed by atoms with Crippen molar-refractivity contribution in [1.29, 1.82) is 0 Å². The fourth-order valence-electron chi connectivity index (χ4n) is 3.20. The van der Waals surface area contributed by atoms with E-state index in [1.54, 1.807) is 18.2 Å².